The number of benzene rings is 1. The summed E-state index contributed by atoms with van der Waals surface area (Å²) in [5.41, 5.74) is 1.84. The van der Waals surface area contributed by atoms with Crippen molar-refractivity contribution in [3.63, 3.8) is 0 Å². The highest BCUT2D eigenvalue weighted by Gasteiger charge is 2.45. The van der Waals surface area contributed by atoms with Gasteiger partial charge in [0.25, 0.3) is 0 Å². The molecule has 0 spiro atoms. The Labute approximate surface area is 198 Å². The number of aromatic nitrogens is 4. The molecule has 1 unspecified atom stereocenters. The van der Waals surface area contributed by atoms with Crippen molar-refractivity contribution in [3.05, 3.63) is 30.4 Å². The fraction of sp³-hybridized carbons (Fsp3) is 0.421. The topological polar surface area (TPSA) is 211 Å². The summed E-state index contributed by atoms with van der Waals surface area (Å²) in [6.45, 7) is -0.367. The Bertz CT molecular complexity index is 1220. The van der Waals surface area contributed by atoms with E-state index in [9.17, 15) is 14.8 Å². The molecule has 190 valence electrons. The number of nitrogens with one attached hydrogen (secondary N) is 2. The molecule has 3 heterocycles. The fourth-order valence-electron chi connectivity index (χ4n) is 3.56. The zero-order valence-electron chi connectivity index (χ0n) is 18.6. The van der Waals surface area contributed by atoms with E-state index >= 15 is 0 Å². The van der Waals surface area contributed by atoms with E-state index in [2.05, 4.69) is 29.8 Å². The molecule has 1 saturated heterocycles. The standard InChI is InChI=1S/C19H24N5O10P/c1-30-15-9(5-20-17-12-18(22-7-21-12)24-8-23-17)3-4-10(16(15)31-2)33-19-14(26)13(25)11(34-19)6-32-35(27,28)29/h3-4,7-8,11,13-14,19,25-26H,5-6H2,1-2H3,(H2,27,28,29)(H2,20,21,22,23,24)/t11-,13-,14-,19?/m1/s1. The predicted molar refractivity (Wildman–Crippen MR) is 118 cm³/mol. The number of methoxy groups -OCH3 is 2. The zero-order valence-corrected chi connectivity index (χ0v) is 19.5. The minimum absolute atomic E-state index is 0.138. The molecule has 15 nitrogen and oxygen atoms in total. The van der Waals surface area contributed by atoms with Crippen molar-refractivity contribution in [1.82, 2.24) is 19.9 Å². The summed E-state index contributed by atoms with van der Waals surface area (Å²) in [5, 5.41) is 23.6. The van der Waals surface area contributed by atoms with Gasteiger partial charge in [-0.15, -0.1) is 0 Å². The van der Waals surface area contributed by atoms with E-state index in [1.807, 2.05) is 0 Å². The van der Waals surface area contributed by atoms with Crippen LogP contribution < -0.4 is 19.5 Å². The van der Waals surface area contributed by atoms with E-state index in [0.29, 0.717) is 28.3 Å². The lowest BCUT2D eigenvalue weighted by Crippen LogP contribution is -2.35. The second-order valence-electron chi connectivity index (χ2n) is 7.39. The van der Waals surface area contributed by atoms with Gasteiger partial charge in [-0.25, -0.2) is 19.5 Å². The van der Waals surface area contributed by atoms with E-state index in [-0.39, 0.29) is 18.0 Å². The van der Waals surface area contributed by atoms with Crippen molar-refractivity contribution < 1.29 is 48.0 Å². The van der Waals surface area contributed by atoms with Crippen LogP contribution in [0.4, 0.5) is 5.82 Å². The number of phosphoric acid groups is 1. The highest BCUT2D eigenvalue weighted by molar-refractivity contribution is 7.46. The van der Waals surface area contributed by atoms with Gasteiger partial charge in [-0.1, -0.05) is 0 Å². The number of aromatic amines is 1. The minimum Gasteiger partial charge on any atom is -0.492 e. The summed E-state index contributed by atoms with van der Waals surface area (Å²) >= 11 is 0. The zero-order chi connectivity index (χ0) is 25.2. The molecule has 4 atom stereocenters. The van der Waals surface area contributed by atoms with Gasteiger partial charge in [-0.05, 0) is 12.1 Å². The Morgan fingerprint density at radius 1 is 1.11 bits per heavy atom. The maximum atomic E-state index is 10.9. The molecule has 3 aromatic rings. The molecule has 1 aliphatic rings. The number of imidazole rings is 1. The number of ether oxygens (including phenoxy) is 4. The number of aliphatic hydroxyl groups excluding tert-OH is 2. The Kier molecular flexibility index (Phi) is 7.37. The first-order valence-corrected chi connectivity index (χ1v) is 11.7. The molecular formula is C19H24N5O10P. The summed E-state index contributed by atoms with van der Waals surface area (Å²) < 4.78 is 37.4. The number of fused-ring (bicyclic) bond motifs is 1. The first-order chi connectivity index (χ1) is 16.7. The average molecular weight is 513 g/mol. The number of rotatable bonds is 10. The molecule has 0 radical (unpaired) electrons. The van der Waals surface area contributed by atoms with Crippen LogP contribution in [0.3, 0.4) is 0 Å². The van der Waals surface area contributed by atoms with Crippen LogP contribution in [0.15, 0.2) is 24.8 Å². The smallest absolute Gasteiger partial charge is 0.469 e. The predicted octanol–water partition coefficient (Wildman–Crippen LogP) is -0.0830. The highest BCUT2D eigenvalue weighted by atomic mass is 31.2. The lowest BCUT2D eigenvalue weighted by atomic mass is 10.1. The lowest BCUT2D eigenvalue weighted by Gasteiger charge is -2.21. The number of nitrogens with zero attached hydrogens (tertiary/aromatic N) is 3. The first-order valence-electron chi connectivity index (χ1n) is 10.2. The quantitative estimate of drug-likeness (QED) is 0.196. The fourth-order valence-corrected chi connectivity index (χ4v) is 3.90. The molecule has 1 aromatic carbocycles. The molecule has 2 aromatic heterocycles. The summed E-state index contributed by atoms with van der Waals surface area (Å²) in [7, 11) is -1.94. The van der Waals surface area contributed by atoms with Gasteiger partial charge in [-0.3, -0.25) is 4.52 Å². The van der Waals surface area contributed by atoms with Gasteiger partial charge in [0.2, 0.25) is 12.0 Å². The molecule has 35 heavy (non-hydrogen) atoms. The number of aliphatic hydroxyl groups is 2. The summed E-state index contributed by atoms with van der Waals surface area (Å²) in [6, 6.07) is 3.26. The maximum Gasteiger partial charge on any atom is 0.469 e. The van der Waals surface area contributed by atoms with Crippen LogP contribution in [0.25, 0.3) is 11.2 Å². The van der Waals surface area contributed by atoms with Gasteiger partial charge in [0, 0.05) is 12.1 Å². The van der Waals surface area contributed by atoms with Crippen LogP contribution in [0.1, 0.15) is 5.56 Å². The molecule has 0 aliphatic carbocycles. The second-order valence-corrected chi connectivity index (χ2v) is 8.63. The van der Waals surface area contributed by atoms with Gasteiger partial charge in [0.1, 0.15) is 30.2 Å². The molecule has 4 rings (SSSR count). The SMILES string of the molecule is COc1c(CNc2ncnc3nc[nH]c23)ccc(OC2O[C@H](COP(=O)(O)O)[C@@H](O)[C@H]2O)c1OC. The molecular weight excluding hydrogens is 489 g/mol. The van der Waals surface area contributed by atoms with Crippen LogP contribution in [-0.4, -0.2) is 85.4 Å². The normalized spacial score (nSPS) is 22.3. The maximum absolute atomic E-state index is 10.9. The van der Waals surface area contributed by atoms with Gasteiger partial charge < -0.3 is 49.2 Å². The Balaban J connectivity index is 1.50. The second kappa shape index (κ2) is 10.3. The van der Waals surface area contributed by atoms with E-state index < -0.39 is 39.0 Å². The largest absolute Gasteiger partial charge is 0.492 e. The molecule has 6 N–H and O–H groups in total. The summed E-state index contributed by atoms with van der Waals surface area (Å²) in [4.78, 5) is 33.0. The number of phosphoric ester groups is 1. The van der Waals surface area contributed by atoms with E-state index in [1.54, 1.807) is 12.1 Å². The van der Waals surface area contributed by atoms with E-state index in [4.69, 9.17) is 28.7 Å². The number of H-pyrrole nitrogens is 1. The van der Waals surface area contributed by atoms with E-state index in [1.165, 1.54) is 26.9 Å². The summed E-state index contributed by atoms with van der Waals surface area (Å²) in [6.07, 6.45) is -2.72. The Morgan fingerprint density at radius 2 is 1.89 bits per heavy atom. The van der Waals surface area contributed by atoms with Crippen LogP contribution in [0, 0.1) is 0 Å². The molecule has 0 saturated carbocycles. The average Bonchev–Trinajstić information content (AvgIpc) is 3.41. The highest BCUT2D eigenvalue weighted by Crippen LogP contribution is 2.42. The van der Waals surface area contributed by atoms with Crippen LogP contribution in [-0.2, 0) is 20.4 Å². The number of hydrogen-bond donors (Lipinski definition) is 6. The Hall–Kier alpha value is -3.04. The third-order valence-electron chi connectivity index (χ3n) is 5.20. The third kappa shape index (κ3) is 5.46. The molecule has 1 aliphatic heterocycles. The van der Waals surface area contributed by atoms with Gasteiger partial charge in [0.05, 0.1) is 27.2 Å². The minimum atomic E-state index is -4.79. The van der Waals surface area contributed by atoms with Crippen molar-refractivity contribution in [2.75, 3.05) is 26.1 Å². The van der Waals surface area contributed by atoms with Crippen molar-refractivity contribution in [3.8, 4) is 17.2 Å². The molecule has 0 amide bonds. The number of anilines is 1. The van der Waals surface area contributed by atoms with Crippen LogP contribution in [0.5, 0.6) is 17.2 Å². The first kappa shape index (κ1) is 25.1. The molecule has 0 bridgehead atoms. The van der Waals surface area contributed by atoms with Crippen molar-refractivity contribution in [2.45, 2.75) is 31.1 Å². The molecule has 16 heteroatoms. The number of hydrogen-bond acceptors (Lipinski definition) is 12. The lowest BCUT2D eigenvalue weighted by molar-refractivity contribution is -0.116. The van der Waals surface area contributed by atoms with Gasteiger partial charge >= 0.3 is 7.82 Å². The molecule has 1 fully saturated rings. The van der Waals surface area contributed by atoms with Crippen LogP contribution >= 0.6 is 7.82 Å². The van der Waals surface area contributed by atoms with Crippen molar-refractivity contribution >= 4 is 24.8 Å². The van der Waals surface area contributed by atoms with Gasteiger partial charge in [0.15, 0.2) is 23.0 Å². The van der Waals surface area contributed by atoms with Crippen molar-refractivity contribution in [2.24, 2.45) is 0 Å². The third-order valence-corrected chi connectivity index (χ3v) is 5.69. The van der Waals surface area contributed by atoms with Gasteiger partial charge in [-0.2, -0.15) is 0 Å². The van der Waals surface area contributed by atoms with E-state index in [0.717, 1.165) is 0 Å². The monoisotopic (exact) mass is 513 g/mol. The Morgan fingerprint density at radius 3 is 2.60 bits per heavy atom. The summed E-state index contributed by atoms with van der Waals surface area (Å²) in [5.74, 6) is 1.20. The van der Waals surface area contributed by atoms with Crippen LogP contribution in [0.2, 0.25) is 0 Å². The van der Waals surface area contributed by atoms with Crippen molar-refractivity contribution in [1.29, 1.82) is 0 Å².